The van der Waals surface area contributed by atoms with Gasteiger partial charge in [0.2, 0.25) is 0 Å². The maximum Gasteiger partial charge on any atom is 0.471 e. The van der Waals surface area contributed by atoms with E-state index in [2.05, 4.69) is 0 Å². The van der Waals surface area contributed by atoms with Gasteiger partial charge in [-0.3, -0.25) is 4.79 Å². The Labute approximate surface area is 119 Å². The molecule has 0 atom stereocenters. The fourth-order valence-corrected chi connectivity index (χ4v) is 2.69. The number of aromatic hydroxyl groups is 2. The molecule has 1 aromatic rings. The monoisotopic (exact) mass is 303 g/mol. The maximum atomic E-state index is 12.2. The smallest absolute Gasteiger partial charge is 0.471 e. The third-order valence-corrected chi connectivity index (χ3v) is 3.81. The van der Waals surface area contributed by atoms with Crippen LogP contribution in [0.2, 0.25) is 0 Å². The molecule has 1 aromatic carbocycles. The zero-order valence-corrected chi connectivity index (χ0v) is 11.2. The molecule has 0 aliphatic heterocycles. The van der Waals surface area contributed by atoms with Crippen LogP contribution in [0.25, 0.3) is 0 Å². The summed E-state index contributed by atoms with van der Waals surface area (Å²) in [5.74, 6) is -2.33. The molecule has 7 heteroatoms. The number of carbonyl (C=O) groups is 1. The lowest BCUT2D eigenvalue weighted by Gasteiger charge is -2.30. The number of phenols is 2. The van der Waals surface area contributed by atoms with Crippen LogP contribution in [-0.2, 0) is 4.79 Å². The van der Waals surface area contributed by atoms with E-state index in [0.717, 1.165) is 0 Å². The van der Waals surface area contributed by atoms with E-state index in [9.17, 15) is 28.2 Å². The minimum Gasteiger partial charge on any atom is -0.504 e. The predicted octanol–water partition coefficient (Wildman–Crippen LogP) is 2.80. The van der Waals surface area contributed by atoms with Crippen molar-refractivity contribution in [2.75, 3.05) is 0 Å². The minimum atomic E-state index is -4.86. The van der Waals surface area contributed by atoms with Crippen LogP contribution >= 0.6 is 0 Å². The first-order valence-electron chi connectivity index (χ1n) is 6.67. The topological polar surface area (TPSA) is 69.6 Å². The second-order valence-electron chi connectivity index (χ2n) is 5.23. The second-order valence-corrected chi connectivity index (χ2v) is 5.23. The minimum absolute atomic E-state index is 0.0314. The van der Waals surface area contributed by atoms with Gasteiger partial charge in [-0.05, 0) is 37.7 Å². The highest BCUT2D eigenvalue weighted by atomic mass is 19.4. The van der Waals surface area contributed by atoms with Gasteiger partial charge in [0.15, 0.2) is 11.5 Å². The average Bonchev–Trinajstić information content (AvgIpc) is 2.42. The summed E-state index contributed by atoms with van der Waals surface area (Å²) < 4.78 is 36.5. The summed E-state index contributed by atoms with van der Waals surface area (Å²) >= 11 is 0. The Hall–Kier alpha value is -1.92. The third-order valence-electron chi connectivity index (χ3n) is 3.81. The van der Waals surface area contributed by atoms with Crippen LogP contribution in [0.1, 0.15) is 37.2 Å². The molecule has 1 amide bonds. The number of nitrogens with one attached hydrogen (secondary N) is 1. The Morgan fingerprint density at radius 3 is 2.33 bits per heavy atom. The molecule has 0 saturated heterocycles. The zero-order chi connectivity index (χ0) is 15.6. The number of hydrogen-bond donors (Lipinski definition) is 3. The van der Waals surface area contributed by atoms with Gasteiger partial charge in [0.1, 0.15) is 0 Å². The van der Waals surface area contributed by atoms with Crippen molar-refractivity contribution in [1.29, 1.82) is 0 Å². The summed E-state index contributed by atoms with van der Waals surface area (Å²) in [6.45, 7) is 0. The molecule has 0 bridgehead atoms. The normalized spacial score (nSPS) is 22.8. The molecule has 21 heavy (non-hydrogen) atoms. The van der Waals surface area contributed by atoms with Crippen molar-refractivity contribution in [2.24, 2.45) is 0 Å². The Bertz CT molecular complexity index is 523. The van der Waals surface area contributed by atoms with Crippen LogP contribution in [0.3, 0.4) is 0 Å². The molecular formula is C14H16F3NO3. The lowest BCUT2D eigenvalue weighted by atomic mass is 9.81. The van der Waals surface area contributed by atoms with E-state index in [-0.39, 0.29) is 17.4 Å². The first kappa shape index (κ1) is 15.5. The summed E-state index contributed by atoms with van der Waals surface area (Å²) in [6.07, 6.45) is -2.97. The Morgan fingerprint density at radius 2 is 1.76 bits per heavy atom. The van der Waals surface area contributed by atoms with Crippen molar-refractivity contribution >= 4 is 5.91 Å². The zero-order valence-electron chi connectivity index (χ0n) is 11.2. The molecule has 116 valence electrons. The number of benzene rings is 1. The van der Waals surface area contributed by atoms with Crippen LogP contribution in [-0.4, -0.2) is 28.3 Å². The SMILES string of the molecule is O=C(N[C@H]1CC[C@H](c2cccc(O)c2O)CC1)C(F)(F)F. The fraction of sp³-hybridized carbons (Fsp3) is 0.500. The van der Waals surface area contributed by atoms with Crippen LogP contribution in [0, 0.1) is 0 Å². The number of phenolic OH excluding ortho intramolecular Hbond substituents is 2. The second kappa shape index (κ2) is 5.83. The lowest BCUT2D eigenvalue weighted by Crippen LogP contribution is -2.44. The van der Waals surface area contributed by atoms with E-state index < -0.39 is 18.1 Å². The quantitative estimate of drug-likeness (QED) is 0.736. The van der Waals surface area contributed by atoms with Crippen LogP contribution in [0.15, 0.2) is 18.2 Å². The predicted molar refractivity (Wildman–Crippen MR) is 69.0 cm³/mol. The summed E-state index contributed by atoms with van der Waals surface area (Å²) in [7, 11) is 0. The van der Waals surface area contributed by atoms with Gasteiger partial charge in [0, 0.05) is 11.6 Å². The molecule has 0 unspecified atom stereocenters. The Morgan fingerprint density at radius 1 is 1.14 bits per heavy atom. The van der Waals surface area contributed by atoms with Gasteiger partial charge in [0.25, 0.3) is 0 Å². The molecule has 1 saturated carbocycles. The average molecular weight is 303 g/mol. The first-order valence-corrected chi connectivity index (χ1v) is 6.67. The number of halogens is 3. The molecule has 2 rings (SSSR count). The molecule has 0 spiro atoms. The van der Waals surface area contributed by atoms with Crippen molar-refractivity contribution < 1.29 is 28.2 Å². The van der Waals surface area contributed by atoms with Gasteiger partial charge in [-0.2, -0.15) is 13.2 Å². The van der Waals surface area contributed by atoms with E-state index in [0.29, 0.717) is 31.2 Å². The van der Waals surface area contributed by atoms with Crippen LogP contribution in [0.5, 0.6) is 11.5 Å². The maximum absolute atomic E-state index is 12.2. The lowest BCUT2D eigenvalue weighted by molar-refractivity contribution is -0.174. The van der Waals surface area contributed by atoms with E-state index >= 15 is 0 Å². The van der Waals surface area contributed by atoms with E-state index in [1.54, 1.807) is 12.1 Å². The van der Waals surface area contributed by atoms with Crippen molar-refractivity contribution in [3.05, 3.63) is 23.8 Å². The van der Waals surface area contributed by atoms with Gasteiger partial charge < -0.3 is 15.5 Å². The van der Waals surface area contributed by atoms with Crippen molar-refractivity contribution in [3.8, 4) is 11.5 Å². The number of amides is 1. The Balaban J connectivity index is 1.95. The number of para-hydroxylation sites is 1. The molecular weight excluding hydrogens is 287 g/mol. The molecule has 1 aliphatic carbocycles. The summed E-state index contributed by atoms with van der Waals surface area (Å²) in [5.41, 5.74) is 0.593. The number of alkyl halides is 3. The van der Waals surface area contributed by atoms with Gasteiger partial charge in [-0.15, -0.1) is 0 Å². The molecule has 0 aromatic heterocycles. The van der Waals surface area contributed by atoms with Gasteiger partial charge in [-0.25, -0.2) is 0 Å². The largest absolute Gasteiger partial charge is 0.504 e. The molecule has 1 aliphatic rings. The fourth-order valence-electron chi connectivity index (χ4n) is 2.69. The molecule has 4 nitrogen and oxygen atoms in total. The molecule has 0 heterocycles. The highest BCUT2D eigenvalue weighted by Gasteiger charge is 2.40. The van der Waals surface area contributed by atoms with Crippen LogP contribution in [0.4, 0.5) is 13.2 Å². The third kappa shape index (κ3) is 3.59. The first-order chi connectivity index (χ1) is 9.79. The van der Waals surface area contributed by atoms with Gasteiger partial charge >= 0.3 is 12.1 Å². The summed E-state index contributed by atoms with van der Waals surface area (Å²) in [4.78, 5) is 10.9. The highest BCUT2D eigenvalue weighted by molar-refractivity contribution is 5.81. The number of hydrogen-bond acceptors (Lipinski definition) is 3. The van der Waals surface area contributed by atoms with Gasteiger partial charge in [-0.1, -0.05) is 12.1 Å². The van der Waals surface area contributed by atoms with E-state index in [1.165, 1.54) is 6.07 Å². The Kier molecular flexibility index (Phi) is 4.29. The number of rotatable bonds is 2. The van der Waals surface area contributed by atoms with Crippen LogP contribution < -0.4 is 5.32 Å². The van der Waals surface area contributed by atoms with E-state index in [4.69, 9.17) is 0 Å². The van der Waals surface area contributed by atoms with Gasteiger partial charge in [0.05, 0.1) is 0 Å². The van der Waals surface area contributed by atoms with Crippen molar-refractivity contribution in [3.63, 3.8) is 0 Å². The molecule has 0 radical (unpaired) electrons. The van der Waals surface area contributed by atoms with Crippen molar-refractivity contribution in [1.82, 2.24) is 5.32 Å². The summed E-state index contributed by atoms with van der Waals surface area (Å²) in [6, 6.07) is 4.17. The molecule has 3 N–H and O–H groups in total. The number of carbonyl (C=O) groups excluding carboxylic acids is 1. The standard InChI is InChI=1S/C14H16F3NO3/c15-14(16,17)13(21)18-9-6-4-8(5-7-9)10-2-1-3-11(19)12(10)20/h1-3,8-9,19-20H,4-7H2,(H,18,21)/t8-,9-. The molecule has 1 fully saturated rings. The van der Waals surface area contributed by atoms with E-state index in [1.807, 2.05) is 5.32 Å². The van der Waals surface area contributed by atoms with Crippen molar-refractivity contribution in [2.45, 2.75) is 43.8 Å². The highest BCUT2D eigenvalue weighted by Crippen LogP contribution is 2.40. The summed E-state index contributed by atoms with van der Waals surface area (Å²) in [5, 5.41) is 21.2.